The molecule has 0 aromatic rings. The van der Waals surface area contributed by atoms with Crippen molar-refractivity contribution >= 4 is 5.97 Å². The Labute approximate surface area is 68.2 Å². The van der Waals surface area contributed by atoms with Gasteiger partial charge < -0.3 is 4.74 Å². The van der Waals surface area contributed by atoms with E-state index in [-0.39, 0.29) is 5.97 Å². The zero-order valence-corrected chi connectivity index (χ0v) is 7.68. The molecule has 64 valence electrons. The summed E-state index contributed by atoms with van der Waals surface area (Å²) in [6.45, 7) is 5.71. The van der Waals surface area contributed by atoms with E-state index in [0.717, 1.165) is 6.42 Å². The first-order chi connectivity index (χ1) is 5.04. The molecule has 0 aliphatic carbocycles. The molecule has 0 fully saturated rings. The van der Waals surface area contributed by atoms with E-state index in [2.05, 4.69) is 4.74 Å². The Morgan fingerprint density at radius 1 is 1.55 bits per heavy atom. The molecule has 0 saturated heterocycles. The highest BCUT2D eigenvalue weighted by Gasteiger charge is 2.24. The number of hydrogen-bond acceptors (Lipinski definition) is 2. The molecule has 0 atom stereocenters. The Morgan fingerprint density at radius 2 is 2.09 bits per heavy atom. The van der Waals surface area contributed by atoms with Gasteiger partial charge in [-0.3, -0.25) is 4.79 Å². The first-order valence-corrected chi connectivity index (χ1v) is 3.80. The minimum atomic E-state index is -0.481. The van der Waals surface area contributed by atoms with Gasteiger partial charge >= 0.3 is 5.97 Å². The molecular weight excluding hydrogens is 140 g/mol. The molecule has 0 aromatic carbocycles. The molecule has 0 N–H and O–H groups in total. The number of rotatable bonds is 3. The van der Waals surface area contributed by atoms with E-state index in [4.69, 9.17) is 0 Å². The normalized spacial score (nSPS) is 12.0. The van der Waals surface area contributed by atoms with Gasteiger partial charge in [0, 0.05) is 0 Å². The first kappa shape index (κ1) is 10.2. The van der Waals surface area contributed by atoms with Crippen molar-refractivity contribution in [2.45, 2.75) is 27.2 Å². The van der Waals surface area contributed by atoms with Crippen molar-refractivity contribution in [3.63, 3.8) is 0 Å². The summed E-state index contributed by atoms with van der Waals surface area (Å²) >= 11 is 0. The van der Waals surface area contributed by atoms with Crippen LogP contribution in [0, 0.1) is 5.41 Å². The Bertz CT molecular complexity index is 157. The highest BCUT2D eigenvalue weighted by molar-refractivity contribution is 5.77. The van der Waals surface area contributed by atoms with Crippen molar-refractivity contribution in [2.24, 2.45) is 5.41 Å². The Hall–Kier alpha value is -0.790. The summed E-state index contributed by atoms with van der Waals surface area (Å²) in [7, 11) is 1.41. The van der Waals surface area contributed by atoms with Crippen molar-refractivity contribution in [3.8, 4) is 0 Å². The summed E-state index contributed by atoms with van der Waals surface area (Å²) < 4.78 is 4.62. The predicted octanol–water partition coefficient (Wildman–Crippen LogP) is 2.15. The minimum absolute atomic E-state index is 0.192. The van der Waals surface area contributed by atoms with Gasteiger partial charge in [0.25, 0.3) is 0 Å². The van der Waals surface area contributed by atoms with Crippen LogP contribution in [0.5, 0.6) is 0 Å². The van der Waals surface area contributed by atoms with Crippen molar-refractivity contribution in [1.82, 2.24) is 0 Å². The zero-order valence-electron chi connectivity index (χ0n) is 7.68. The molecular formula is C9H16O2. The predicted molar refractivity (Wildman–Crippen MR) is 45.2 cm³/mol. The van der Waals surface area contributed by atoms with Gasteiger partial charge in [-0.25, -0.2) is 0 Å². The number of esters is 1. The number of hydrogen-bond donors (Lipinski definition) is 0. The molecule has 2 heteroatoms. The fraction of sp³-hybridized carbons (Fsp3) is 0.667. The lowest BCUT2D eigenvalue weighted by atomic mass is 9.93. The molecule has 0 heterocycles. The number of allylic oxidation sites excluding steroid dienone is 1. The van der Waals surface area contributed by atoms with Crippen LogP contribution in [0.2, 0.25) is 0 Å². The summed E-state index contributed by atoms with van der Waals surface area (Å²) in [5.41, 5.74) is -0.481. The largest absolute Gasteiger partial charge is 0.468 e. The van der Waals surface area contributed by atoms with Crippen LogP contribution in [0.25, 0.3) is 0 Å². The van der Waals surface area contributed by atoms with E-state index >= 15 is 0 Å². The SMILES string of the molecule is CCC=CC(C)(C)C(=O)OC. The lowest BCUT2D eigenvalue weighted by Gasteiger charge is -2.15. The maximum atomic E-state index is 11.1. The van der Waals surface area contributed by atoms with Crippen LogP contribution in [0.4, 0.5) is 0 Å². The third-order valence-corrected chi connectivity index (χ3v) is 1.48. The van der Waals surface area contributed by atoms with Crippen molar-refractivity contribution in [1.29, 1.82) is 0 Å². The highest BCUT2D eigenvalue weighted by atomic mass is 16.5. The number of ether oxygens (including phenoxy) is 1. The van der Waals surface area contributed by atoms with Crippen LogP contribution in [0.15, 0.2) is 12.2 Å². The number of methoxy groups -OCH3 is 1. The summed E-state index contributed by atoms with van der Waals surface area (Å²) in [6.07, 6.45) is 4.79. The summed E-state index contributed by atoms with van der Waals surface area (Å²) in [5, 5.41) is 0. The standard InChI is InChI=1S/C9H16O2/c1-5-6-7-9(2,3)8(10)11-4/h6-7H,5H2,1-4H3. The zero-order chi connectivity index (χ0) is 8.91. The topological polar surface area (TPSA) is 26.3 Å². The van der Waals surface area contributed by atoms with Gasteiger partial charge in [-0.15, -0.1) is 0 Å². The smallest absolute Gasteiger partial charge is 0.315 e. The van der Waals surface area contributed by atoms with Crippen LogP contribution in [-0.2, 0) is 9.53 Å². The van der Waals surface area contributed by atoms with Gasteiger partial charge in [0.1, 0.15) is 0 Å². The van der Waals surface area contributed by atoms with Gasteiger partial charge in [0.2, 0.25) is 0 Å². The van der Waals surface area contributed by atoms with Gasteiger partial charge in [-0.1, -0.05) is 19.1 Å². The maximum absolute atomic E-state index is 11.1. The van der Waals surface area contributed by atoms with Crippen molar-refractivity contribution < 1.29 is 9.53 Å². The third kappa shape index (κ3) is 3.21. The Kier molecular flexibility index (Phi) is 3.86. The lowest BCUT2D eigenvalue weighted by Crippen LogP contribution is -2.22. The van der Waals surface area contributed by atoms with Crippen LogP contribution in [0.3, 0.4) is 0 Å². The van der Waals surface area contributed by atoms with E-state index in [0.29, 0.717) is 0 Å². The molecule has 0 aliphatic heterocycles. The fourth-order valence-corrected chi connectivity index (χ4v) is 0.744. The first-order valence-electron chi connectivity index (χ1n) is 3.80. The highest BCUT2D eigenvalue weighted by Crippen LogP contribution is 2.18. The van der Waals surface area contributed by atoms with Crippen LogP contribution >= 0.6 is 0 Å². The molecule has 2 nitrogen and oxygen atoms in total. The van der Waals surface area contributed by atoms with E-state index in [1.807, 2.05) is 32.9 Å². The van der Waals surface area contributed by atoms with E-state index in [1.54, 1.807) is 0 Å². The average molecular weight is 156 g/mol. The molecule has 0 spiro atoms. The molecule has 0 bridgehead atoms. The van der Waals surface area contributed by atoms with Gasteiger partial charge in [-0.05, 0) is 20.3 Å². The van der Waals surface area contributed by atoms with E-state index in [1.165, 1.54) is 7.11 Å². The molecule has 0 radical (unpaired) electrons. The molecule has 0 amide bonds. The molecule has 0 unspecified atom stereocenters. The molecule has 0 saturated carbocycles. The van der Waals surface area contributed by atoms with Gasteiger partial charge in [0.15, 0.2) is 0 Å². The monoisotopic (exact) mass is 156 g/mol. The Morgan fingerprint density at radius 3 is 2.45 bits per heavy atom. The average Bonchev–Trinajstić information content (AvgIpc) is 1.99. The summed E-state index contributed by atoms with van der Waals surface area (Å²) in [6, 6.07) is 0. The quantitative estimate of drug-likeness (QED) is 0.462. The van der Waals surface area contributed by atoms with Crippen molar-refractivity contribution in [2.75, 3.05) is 7.11 Å². The van der Waals surface area contributed by atoms with Gasteiger partial charge in [-0.2, -0.15) is 0 Å². The second-order valence-corrected chi connectivity index (χ2v) is 3.02. The fourth-order valence-electron chi connectivity index (χ4n) is 0.744. The minimum Gasteiger partial charge on any atom is -0.468 e. The second-order valence-electron chi connectivity index (χ2n) is 3.02. The van der Waals surface area contributed by atoms with Crippen LogP contribution in [0.1, 0.15) is 27.2 Å². The second kappa shape index (κ2) is 4.16. The third-order valence-electron chi connectivity index (χ3n) is 1.48. The van der Waals surface area contributed by atoms with Crippen molar-refractivity contribution in [3.05, 3.63) is 12.2 Å². The molecule has 0 aromatic heterocycles. The van der Waals surface area contributed by atoms with Crippen LogP contribution in [-0.4, -0.2) is 13.1 Å². The van der Waals surface area contributed by atoms with E-state index < -0.39 is 5.41 Å². The summed E-state index contributed by atoms with van der Waals surface area (Å²) in [5.74, 6) is -0.192. The summed E-state index contributed by atoms with van der Waals surface area (Å²) in [4.78, 5) is 11.1. The number of carbonyl (C=O) groups is 1. The van der Waals surface area contributed by atoms with Crippen LogP contribution < -0.4 is 0 Å². The molecule has 11 heavy (non-hydrogen) atoms. The lowest BCUT2D eigenvalue weighted by molar-refractivity contribution is -0.148. The maximum Gasteiger partial charge on any atom is 0.315 e. The van der Waals surface area contributed by atoms with Gasteiger partial charge in [0.05, 0.1) is 12.5 Å². The van der Waals surface area contributed by atoms with E-state index in [9.17, 15) is 4.79 Å². The Balaban J connectivity index is 4.20. The molecule has 0 aliphatic rings. The molecule has 0 rings (SSSR count). The number of carbonyl (C=O) groups excluding carboxylic acids is 1.